The SMILES string of the molecule is CC(C)CCN1C(=O)C(C)(C)CNCC1(C)C. The fourth-order valence-electron chi connectivity index (χ4n) is 2.28. The number of hydrogen-bond donors (Lipinski definition) is 1. The van der Waals surface area contributed by atoms with E-state index in [1.165, 1.54) is 0 Å². The third-order valence-electron chi connectivity index (χ3n) is 3.61. The minimum Gasteiger partial charge on any atom is -0.336 e. The first-order valence-electron chi connectivity index (χ1n) is 6.69. The molecule has 1 fully saturated rings. The maximum absolute atomic E-state index is 12.6. The molecule has 1 heterocycles. The first kappa shape index (κ1) is 14.5. The van der Waals surface area contributed by atoms with Crippen LogP contribution in [0.5, 0.6) is 0 Å². The molecule has 17 heavy (non-hydrogen) atoms. The highest BCUT2D eigenvalue weighted by molar-refractivity contribution is 5.83. The Balaban J connectivity index is 2.87. The monoisotopic (exact) mass is 240 g/mol. The minimum absolute atomic E-state index is 0.0836. The average molecular weight is 240 g/mol. The molecule has 0 radical (unpaired) electrons. The van der Waals surface area contributed by atoms with E-state index in [1.54, 1.807) is 0 Å². The second-order valence-corrected chi connectivity index (χ2v) is 6.94. The summed E-state index contributed by atoms with van der Waals surface area (Å²) >= 11 is 0. The van der Waals surface area contributed by atoms with Crippen molar-refractivity contribution in [2.24, 2.45) is 11.3 Å². The summed E-state index contributed by atoms with van der Waals surface area (Å²) in [5.41, 5.74) is -0.371. The van der Waals surface area contributed by atoms with Crippen molar-refractivity contribution >= 4 is 5.91 Å². The van der Waals surface area contributed by atoms with Crippen molar-refractivity contribution in [3.63, 3.8) is 0 Å². The van der Waals surface area contributed by atoms with Crippen LogP contribution in [0.1, 0.15) is 48.0 Å². The van der Waals surface area contributed by atoms with Gasteiger partial charge in [0.2, 0.25) is 5.91 Å². The molecule has 1 aliphatic rings. The summed E-state index contributed by atoms with van der Waals surface area (Å²) in [4.78, 5) is 14.7. The zero-order valence-electron chi connectivity index (χ0n) is 12.3. The Bertz CT molecular complexity index is 282. The van der Waals surface area contributed by atoms with Crippen molar-refractivity contribution in [2.75, 3.05) is 19.6 Å². The van der Waals surface area contributed by atoms with E-state index in [-0.39, 0.29) is 16.9 Å². The van der Waals surface area contributed by atoms with E-state index in [0.29, 0.717) is 5.92 Å². The van der Waals surface area contributed by atoms with Crippen LogP contribution >= 0.6 is 0 Å². The summed E-state index contributed by atoms with van der Waals surface area (Å²) in [6, 6.07) is 0. The first-order chi connectivity index (χ1) is 7.67. The van der Waals surface area contributed by atoms with Gasteiger partial charge in [-0.1, -0.05) is 13.8 Å². The molecule has 0 bridgehead atoms. The lowest BCUT2D eigenvalue weighted by molar-refractivity contribution is -0.143. The van der Waals surface area contributed by atoms with E-state index >= 15 is 0 Å². The summed E-state index contributed by atoms with van der Waals surface area (Å²) in [5.74, 6) is 0.922. The Morgan fingerprint density at radius 1 is 1.24 bits per heavy atom. The highest BCUT2D eigenvalue weighted by Crippen LogP contribution is 2.27. The molecule has 0 aromatic heterocycles. The molecular formula is C14H28N2O. The van der Waals surface area contributed by atoms with Gasteiger partial charge in [-0.3, -0.25) is 4.79 Å². The van der Waals surface area contributed by atoms with Crippen molar-refractivity contribution in [3.8, 4) is 0 Å². The van der Waals surface area contributed by atoms with Crippen LogP contribution in [0, 0.1) is 11.3 Å². The molecule has 3 nitrogen and oxygen atoms in total. The Kier molecular flexibility index (Phi) is 4.23. The van der Waals surface area contributed by atoms with Crippen LogP contribution in [-0.4, -0.2) is 36.0 Å². The second-order valence-electron chi connectivity index (χ2n) is 6.94. The highest BCUT2D eigenvalue weighted by Gasteiger charge is 2.41. The maximum Gasteiger partial charge on any atom is 0.229 e. The molecule has 1 rings (SSSR count). The van der Waals surface area contributed by atoms with Gasteiger partial charge in [-0.25, -0.2) is 0 Å². The quantitative estimate of drug-likeness (QED) is 0.821. The third kappa shape index (κ3) is 3.44. The molecule has 1 N–H and O–H groups in total. The number of amides is 1. The summed E-state index contributed by atoms with van der Waals surface area (Å²) in [6.07, 6.45) is 1.07. The predicted octanol–water partition coefficient (Wildman–Crippen LogP) is 2.27. The topological polar surface area (TPSA) is 32.3 Å². The van der Waals surface area contributed by atoms with Gasteiger partial charge in [0.1, 0.15) is 0 Å². The van der Waals surface area contributed by atoms with Crippen LogP contribution < -0.4 is 5.32 Å². The Morgan fingerprint density at radius 2 is 1.82 bits per heavy atom. The lowest BCUT2D eigenvalue weighted by Gasteiger charge is -2.39. The van der Waals surface area contributed by atoms with E-state index in [9.17, 15) is 4.79 Å². The van der Waals surface area contributed by atoms with E-state index in [0.717, 1.165) is 26.1 Å². The zero-order valence-corrected chi connectivity index (χ0v) is 12.3. The molecule has 0 aromatic rings. The van der Waals surface area contributed by atoms with Gasteiger partial charge >= 0.3 is 0 Å². The van der Waals surface area contributed by atoms with Gasteiger partial charge in [0.05, 0.1) is 5.41 Å². The van der Waals surface area contributed by atoms with Crippen LogP contribution in [0.4, 0.5) is 0 Å². The molecule has 0 unspecified atom stereocenters. The van der Waals surface area contributed by atoms with Crippen molar-refractivity contribution in [1.82, 2.24) is 10.2 Å². The molecule has 0 aliphatic carbocycles. The van der Waals surface area contributed by atoms with Crippen LogP contribution in [0.15, 0.2) is 0 Å². The van der Waals surface area contributed by atoms with Gasteiger partial charge in [-0.05, 0) is 40.0 Å². The number of carbonyl (C=O) groups is 1. The number of rotatable bonds is 3. The molecular weight excluding hydrogens is 212 g/mol. The normalized spacial score (nSPS) is 23.9. The molecule has 0 spiro atoms. The summed E-state index contributed by atoms with van der Waals surface area (Å²) < 4.78 is 0. The van der Waals surface area contributed by atoms with E-state index in [1.807, 2.05) is 13.8 Å². The van der Waals surface area contributed by atoms with Gasteiger partial charge in [0.15, 0.2) is 0 Å². The van der Waals surface area contributed by atoms with Crippen molar-refractivity contribution in [1.29, 1.82) is 0 Å². The minimum atomic E-state index is -0.287. The van der Waals surface area contributed by atoms with Gasteiger partial charge in [0.25, 0.3) is 0 Å². The molecule has 1 amide bonds. The summed E-state index contributed by atoms with van der Waals surface area (Å²) in [6.45, 7) is 15.3. The van der Waals surface area contributed by atoms with E-state index in [2.05, 4.69) is 37.9 Å². The fraction of sp³-hybridized carbons (Fsp3) is 0.929. The second kappa shape index (κ2) is 4.97. The largest absolute Gasteiger partial charge is 0.336 e. The van der Waals surface area contributed by atoms with Gasteiger partial charge in [0, 0.05) is 25.2 Å². The van der Waals surface area contributed by atoms with Crippen LogP contribution in [0.25, 0.3) is 0 Å². The molecule has 0 saturated carbocycles. The van der Waals surface area contributed by atoms with Gasteiger partial charge in [-0.2, -0.15) is 0 Å². The van der Waals surface area contributed by atoms with Gasteiger partial charge in [-0.15, -0.1) is 0 Å². The number of nitrogens with one attached hydrogen (secondary N) is 1. The van der Waals surface area contributed by atoms with Crippen LogP contribution in [0.2, 0.25) is 0 Å². The molecule has 1 saturated heterocycles. The van der Waals surface area contributed by atoms with Crippen molar-refractivity contribution in [2.45, 2.75) is 53.5 Å². The molecule has 3 heteroatoms. The first-order valence-corrected chi connectivity index (χ1v) is 6.69. The molecule has 0 atom stereocenters. The standard InChI is InChI=1S/C14H28N2O/c1-11(2)7-8-16-12(17)13(3,4)9-15-10-14(16,5)6/h11,15H,7-10H2,1-6H3. The van der Waals surface area contributed by atoms with Crippen molar-refractivity contribution < 1.29 is 4.79 Å². The van der Waals surface area contributed by atoms with Crippen molar-refractivity contribution in [3.05, 3.63) is 0 Å². The smallest absolute Gasteiger partial charge is 0.229 e. The number of nitrogens with zero attached hydrogens (tertiary/aromatic N) is 1. The van der Waals surface area contributed by atoms with Crippen LogP contribution in [-0.2, 0) is 4.79 Å². The highest BCUT2D eigenvalue weighted by atomic mass is 16.2. The average Bonchev–Trinajstić information content (AvgIpc) is 2.21. The summed E-state index contributed by atoms with van der Waals surface area (Å²) in [5, 5.41) is 3.41. The number of carbonyl (C=O) groups excluding carboxylic acids is 1. The van der Waals surface area contributed by atoms with E-state index < -0.39 is 0 Å². The zero-order chi connectivity index (χ0) is 13.3. The van der Waals surface area contributed by atoms with Gasteiger partial charge < -0.3 is 10.2 Å². The maximum atomic E-state index is 12.6. The van der Waals surface area contributed by atoms with Crippen LogP contribution in [0.3, 0.4) is 0 Å². The molecule has 100 valence electrons. The fourth-order valence-corrected chi connectivity index (χ4v) is 2.28. The molecule has 1 aliphatic heterocycles. The number of hydrogen-bond acceptors (Lipinski definition) is 2. The summed E-state index contributed by atoms with van der Waals surface area (Å²) in [7, 11) is 0. The predicted molar refractivity (Wildman–Crippen MR) is 71.9 cm³/mol. The molecule has 0 aromatic carbocycles. The Hall–Kier alpha value is -0.570. The van der Waals surface area contributed by atoms with E-state index in [4.69, 9.17) is 0 Å². The lowest BCUT2D eigenvalue weighted by atomic mass is 9.90. The third-order valence-corrected chi connectivity index (χ3v) is 3.61. The lowest BCUT2D eigenvalue weighted by Crippen LogP contribution is -2.53. The Labute approximate surface area is 106 Å². The Morgan fingerprint density at radius 3 is 2.35 bits per heavy atom.